The first-order valence-electron chi connectivity index (χ1n) is 11.7. The molecule has 4 aromatic rings. The molecule has 35 heavy (non-hydrogen) atoms. The number of rotatable bonds is 6. The summed E-state index contributed by atoms with van der Waals surface area (Å²) in [5.74, 6) is 0.453. The maximum absolute atomic E-state index is 13.0. The predicted molar refractivity (Wildman–Crippen MR) is 135 cm³/mol. The lowest BCUT2D eigenvalue weighted by molar-refractivity contribution is -0.141. The summed E-state index contributed by atoms with van der Waals surface area (Å²) in [4.78, 5) is 21.4. The number of likely N-dealkylation sites (N-methyl/N-ethyl adjacent to an activating group) is 2. The molecule has 2 unspecified atom stereocenters. The minimum atomic E-state index is -1.22. The SMILES string of the molecule is COc1ccccc1-c1[nH]nc2ncc(-c3cccc(C(O)C(=O)N(C)C4CCN(C)C4)c3)cc12. The van der Waals surface area contributed by atoms with Crippen LogP contribution < -0.4 is 4.74 Å². The van der Waals surface area contributed by atoms with Gasteiger partial charge in [0, 0.05) is 42.3 Å². The fourth-order valence-corrected chi connectivity index (χ4v) is 4.75. The number of likely N-dealkylation sites (tertiary alicyclic amines) is 1. The first-order valence-corrected chi connectivity index (χ1v) is 11.7. The van der Waals surface area contributed by atoms with Crippen LogP contribution in [0.25, 0.3) is 33.4 Å². The van der Waals surface area contributed by atoms with Crippen molar-refractivity contribution >= 4 is 16.9 Å². The number of aliphatic hydroxyl groups is 1. The number of carbonyl (C=O) groups is 1. The number of hydrogen-bond acceptors (Lipinski definition) is 6. The number of hydrogen-bond donors (Lipinski definition) is 2. The smallest absolute Gasteiger partial charge is 0.256 e. The molecule has 8 heteroatoms. The van der Waals surface area contributed by atoms with Crippen molar-refractivity contribution in [2.24, 2.45) is 0 Å². The lowest BCUT2D eigenvalue weighted by atomic mass is 9.99. The second-order valence-electron chi connectivity index (χ2n) is 9.08. The van der Waals surface area contributed by atoms with Crippen molar-refractivity contribution in [1.82, 2.24) is 25.0 Å². The van der Waals surface area contributed by atoms with E-state index in [-0.39, 0.29) is 11.9 Å². The van der Waals surface area contributed by atoms with Crippen molar-refractivity contribution in [3.8, 4) is 28.1 Å². The van der Waals surface area contributed by atoms with Crippen LogP contribution in [-0.4, -0.2) is 76.3 Å². The summed E-state index contributed by atoms with van der Waals surface area (Å²) >= 11 is 0. The number of para-hydroxylation sites is 1. The Balaban J connectivity index is 1.45. The molecule has 3 heterocycles. The number of pyridine rings is 1. The fraction of sp³-hybridized carbons (Fsp3) is 0.296. The minimum Gasteiger partial charge on any atom is -0.496 e. The van der Waals surface area contributed by atoms with E-state index >= 15 is 0 Å². The van der Waals surface area contributed by atoms with Gasteiger partial charge >= 0.3 is 0 Å². The van der Waals surface area contributed by atoms with Gasteiger partial charge in [-0.05, 0) is 55.4 Å². The number of carbonyl (C=O) groups excluding carboxylic acids is 1. The minimum absolute atomic E-state index is 0.117. The van der Waals surface area contributed by atoms with Gasteiger partial charge in [-0.15, -0.1) is 0 Å². The quantitative estimate of drug-likeness (QED) is 0.447. The number of aromatic nitrogens is 3. The summed E-state index contributed by atoms with van der Waals surface area (Å²) in [7, 11) is 5.46. The van der Waals surface area contributed by atoms with E-state index in [1.165, 1.54) is 0 Å². The largest absolute Gasteiger partial charge is 0.496 e. The van der Waals surface area contributed by atoms with E-state index in [1.54, 1.807) is 31.3 Å². The number of aliphatic hydroxyl groups excluding tert-OH is 1. The Morgan fingerprint density at radius 3 is 2.80 bits per heavy atom. The lowest BCUT2D eigenvalue weighted by Crippen LogP contribution is -2.41. The van der Waals surface area contributed by atoms with Gasteiger partial charge in [0.25, 0.3) is 5.91 Å². The van der Waals surface area contributed by atoms with Gasteiger partial charge in [-0.25, -0.2) is 4.98 Å². The van der Waals surface area contributed by atoms with E-state index in [2.05, 4.69) is 20.1 Å². The summed E-state index contributed by atoms with van der Waals surface area (Å²) in [6.45, 7) is 1.77. The molecule has 2 aromatic carbocycles. The van der Waals surface area contributed by atoms with E-state index in [1.807, 2.05) is 55.6 Å². The molecule has 2 aromatic heterocycles. The van der Waals surface area contributed by atoms with Crippen molar-refractivity contribution in [2.45, 2.75) is 18.6 Å². The maximum Gasteiger partial charge on any atom is 0.256 e. The average Bonchev–Trinajstić information content (AvgIpc) is 3.53. The Labute approximate surface area is 204 Å². The number of benzene rings is 2. The molecule has 1 saturated heterocycles. The lowest BCUT2D eigenvalue weighted by Gasteiger charge is -2.27. The molecule has 1 amide bonds. The molecule has 0 aliphatic carbocycles. The monoisotopic (exact) mass is 471 g/mol. The number of nitrogens with one attached hydrogen (secondary N) is 1. The number of methoxy groups -OCH3 is 1. The molecule has 2 atom stereocenters. The van der Waals surface area contributed by atoms with E-state index < -0.39 is 6.10 Å². The molecular formula is C27H29N5O3. The Morgan fingerprint density at radius 2 is 2.03 bits per heavy atom. The van der Waals surface area contributed by atoms with Gasteiger partial charge in [0.15, 0.2) is 11.8 Å². The molecule has 1 fully saturated rings. The second kappa shape index (κ2) is 9.48. The number of fused-ring (bicyclic) bond motifs is 1. The molecule has 1 aliphatic rings. The highest BCUT2D eigenvalue weighted by molar-refractivity contribution is 5.94. The molecule has 0 saturated carbocycles. The summed E-state index contributed by atoms with van der Waals surface area (Å²) in [6, 6.07) is 17.3. The van der Waals surface area contributed by atoms with Gasteiger partial charge in [-0.3, -0.25) is 9.89 Å². The van der Waals surface area contributed by atoms with Crippen LogP contribution in [0.5, 0.6) is 5.75 Å². The van der Waals surface area contributed by atoms with Gasteiger partial charge in [0.2, 0.25) is 0 Å². The van der Waals surface area contributed by atoms with Crippen LogP contribution in [0.15, 0.2) is 60.8 Å². The highest BCUT2D eigenvalue weighted by Crippen LogP contribution is 2.34. The molecular weight excluding hydrogens is 442 g/mol. The second-order valence-corrected chi connectivity index (χ2v) is 9.08. The summed E-state index contributed by atoms with van der Waals surface area (Å²) in [5, 5.41) is 19.2. The number of nitrogens with zero attached hydrogens (tertiary/aromatic N) is 4. The van der Waals surface area contributed by atoms with E-state index in [0.29, 0.717) is 11.2 Å². The number of ether oxygens (including phenoxy) is 1. The number of aromatic amines is 1. The fourth-order valence-electron chi connectivity index (χ4n) is 4.75. The Morgan fingerprint density at radius 1 is 1.20 bits per heavy atom. The summed E-state index contributed by atoms with van der Waals surface area (Å²) < 4.78 is 5.52. The molecule has 2 N–H and O–H groups in total. The van der Waals surface area contributed by atoms with Gasteiger partial charge < -0.3 is 19.6 Å². The summed E-state index contributed by atoms with van der Waals surface area (Å²) in [6.07, 6.45) is 1.44. The molecule has 1 aliphatic heterocycles. The van der Waals surface area contributed by atoms with Crippen molar-refractivity contribution in [3.05, 3.63) is 66.4 Å². The zero-order valence-corrected chi connectivity index (χ0v) is 20.1. The van der Waals surface area contributed by atoms with Crippen LogP contribution in [0.4, 0.5) is 0 Å². The topological polar surface area (TPSA) is 94.6 Å². The van der Waals surface area contributed by atoms with Crippen molar-refractivity contribution in [2.75, 3.05) is 34.3 Å². The maximum atomic E-state index is 13.0. The van der Waals surface area contributed by atoms with Gasteiger partial charge in [0.05, 0.1) is 12.8 Å². The van der Waals surface area contributed by atoms with E-state index in [0.717, 1.165) is 53.0 Å². The first-order chi connectivity index (χ1) is 17.0. The van der Waals surface area contributed by atoms with Crippen LogP contribution in [0, 0.1) is 0 Å². The summed E-state index contributed by atoms with van der Waals surface area (Å²) in [5.41, 5.74) is 4.60. The zero-order valence-electron chi connectivity index (χ0n) is 20.1. The molecule has 0 bridgehead atoms. The van der Waals surface area contributed by atoms with Crippen molar-refractivity contribution < 1.29 is 14.6 Å². The van der Waals surface area contributed by atoms with Crippen LogP contribution >= 0.6 is 0 Å². The highest BCUT2D eigenvalue weighted by atomic mass is 16.5. The average molecular weight is 472 g/mol. The Bertz CT molecular complexity index is 1370. The van der Waals surface area contributed by atoms with Crippen molar-refractivity contribution in [1.29, 1.82) is 0 Å². The third-order valence-corrected chi connectivity index (χ3v) is 6.82. The Kier molecular flexibility index (Phi) is 6.23. The number of amides is 1. The molecule has 180 valence electrons. The zero-order chi connectivity index (χ0) is 24.5. The first kappa shape index (κ1) is 23.0. The van der Waals surface area contributed by atoms with Crippen LogP contribution in [-0.2, 0) is 4.79 Å². The van der Waals surface area contributed by atoms with Crippen molar-refractivity contribution in [3.63, 3.8) is 0 Å². The van der Waals surface area contributed by atoms with E-state index in [4.69, 9.17) is 4.74 Å². The normalized spacial score (nSPS) is 17.0. The standard InChI is InChI=1S/C27H29N5O3/c1-31-12-11-20(16-31)32(2)27(34)25(33)18-8-6-7-17(13-18)19-14-22-24(29-30-26(22)28-15-19)21-9-4-5-10-23(21)35-3/h4-10,13-15,20,25,33H,11-12,16H2,1-3H3,(H,28,29,30). The van der Waals surface area contributed by atoms with Crippen LogP contribution in [0.1, 0.15) is 18.1 Å². The highest BCUT2D eigenvalue weighted by Gasteiger charge is 2.30. The van der Waals surface area contributed by atoms with Crippen LogP contribution in [0.3, 0.4) is 0 Å². The van der Waals surface area contributed by atoms with Gasteiger partial charge in [0.1, 0.15) is 5.75 Å². The molecule has 8 nitrogen and oxygen atoms in total. The van der Waals surface area contributed by atoms with E-state index in [9.17, 15) is 9.90 Å². The third-order valence-electron chi connectivity index (χ3n) is 6.82. The van der Waals surface area contributed by atoms with Gasteiger partial charge in [-0.2, -0.15) is 5.10 Å². The van der Waals surface area contributed by atoms with Crippen LogP contribution in [0.2, 0.25) is 0 Å². The Hall–Kier alpha value is -3.75. The predicted octanol–water partition coefficient (Wildman–Crippen LogP) is 3.50. The molecule has 5 rings (SSSR count). The third kappa shape index (κ3) is 4.38. The van der Waals surface area contributed by atoms with Gasteiger partial charge in [-0.1, -0.05) is 30.3 Å². The molecule has 0 radical (unpaired) electrons. The number of H-pyrrole nitrogens is 1. The molecule has 0 spiro atoms.